The van der Waals surface area contributed by atoms with Crippen molar-refractivity contribution in [3.63, 3.8) is 0 Å². The molecular weight excluding hydrogens is 416 g/mol. The molecule has 1 unspecified atom stereocenters. The molecule has 2 heterocycles. The van der Waals surface area contributed by atoms with Crippen LogP contribution in [0.25, 0.3) is 0 Å². The Morgan fingerprint density at radius 1 is 1.06 bits per heavy atom. The number of benzene rings is 1. The highest BCUT2D eigenvalue weighted by atomic mass is 16.5. The van der Waals surface area contributed by atoms with E-state index in [9.17, 15) is 9.59 Å². The second-order valence-corrected chi connectivity index (χ2v) is 9.17. The predicted molar refractivity (Wildman–Crippen MR) is 126 cm³/mol. The molecule has 6 heteroatoms. The lowest BCUT2D eigenvalue weighted by molar-refractivity contribution is -0.147. The van der Waals surface area contributed by atoms with Crippen LogP contribution in [-0.2, 0) is 14.3 Å². The maximum Gasteiger partial charge on any atom is 0.315 e. The summed E-state index contributed by atoms with van der Waals surface area (Å²) < 4.78 is 10.9. The highest BCUT2D eigenvalue weighted by molar-refractivity contribution is 6.09. The van der Waals surface area contributed by atoms with Crippen LogP contribution in [0.2, 0.25) is 0 Å². The number of ketones is 1. The average Bonchev–Trinajstić information content (AvgIpc) is 2.82. The summed E-state index contributed by atoms with van der Waals surface area (Å²) in [5.74, 6) is -0.268. The van der Waals surface area contributed by atoms with Crippen LogP contribution in [0.5, 0.6) is 5.75 Å². The number of hydrogen-bond acceptors (Lipinski definition) is 6. The van der Waals surface area contributed by atoms with E-state index in [2.05, 4.69) is 4.98 Å². The fourth-order valence-electron chi connectivity index (χ4n) is 4.75. The standard InChI is InChI=1S/C27H30N2O4/c1-16(2)15-33-27(31)24-17(3)29-22-13-20(18-5-7-21(32-4)8-6-18)14-23(30)26(22)25(24)19-9-11-28-12-10-19/h5-12,16,20,24-25H,13-15H2,1-4H3/t20-,24?,25-/m0/s1. The second kappa shape index (κ2) is 9.69. The van der Waals surface area contributed by atoms with Crippen LogP contribution in [-0.4, -0.2) is 36.2 Å². The minimum absolute atomic E-state index is 0.0387. The summed E-state index contributed by atoms with van der Waals surface area (Å²) in [7, 11) is 1.64. The number of aromatic nitrogens is 1. The first kappa shape index (κ1) is 22.9. The number of ether oxygens (including phenoxy) is 2. The van der Waals surface area contributed by atoms with Gasteiger partial charge in [-0.1, -0.05) is 26.0 Å². The molecule has 2 aliphatic rings. The molecule has 6 nitrogen and oxygen atoms in total. The lowest BCUT2D eigenvalue weighted by Crippen LogP contribution is -2.38. The van der Waals surface area contributed by atoms with Gasteiger partial charge in [-0.05, 0) is 60.6 Å². The Balaban J connectivity index is 1.72. The molecule has 1 aliphatic heterocycles. The van der Waals surface area contributed by atoms with Crippen molar-refractivity contribution < 1.29 is 19.1 Å². The zero-order valence-corrected chi connectivity index (χ0v) is 19.6. The van der Waals surface area contributed by atoms with Gasteiger partial charge in [0.2, 0.25) is 0 Å². The van der Waals surface area contributed by atoms with Gasteiger partial charge >= 0.3 is 5.97 Å². The van der Waals surface area contributed by atoms with Gasteiger partial charge in [0, 0.05) is 41.7 Å². The number of Topliss-reactive ketones (excluding diaryl/α,β-unsaturated/α-hetero) is 1. The van der Waals surface area contributed by atoms with Crippen LogP contribution < -0.4 is 4.74 Å². The van der Waals surface area contributed by atoms with Crippen LogP contribution in [0.3, 0.4) is 0 Å². The molecule has 172 valence electrons. The van der Waals surface area contributed by atoms with Gasteiger partial charge in [-0.25, -0.2) is 0 Å². The van der Waals surface area contributed by atoms with Crippen molar-refractivity contribution in [1.29, 1.82) is 0 Å². The van der Waals surface area contributed by atoms with Crippen molar-refractivity contribution >= 4 is 17.5 Å². The molecule has 3 atom stereocenters. The van der Waals surface area contributed by atoms with E-state index in [0.717, 1.165) is 22.6 Å². The smallest absolute Gasteiger partial charge is 0.315 e. The number of aliphatic imine (C=N–C) groups is 1. The lowest BCUT2D eigenvalue weighted by atomic mass is 9.69. The van der Waals surface area contributed by atoms with E-state index in [1.807, 2.05) is 57.2 Å². The van der Waals surface area contributed by atoms with E-state index >= 15 is 0 Å². The monoisotopic (exact) mass is 446 g/mol. The molecule has 0 bridgehead atoms. The Labute approximate surface area is 194 Å². The summed E-state index contributed by atoms with van der Waals surface area (Å²) in [6.07, 6.45) is 4.43. The average molecular weight is 447 g/mol. The normalized spacial score (nSPS) is 22.6. The summed E-state index contributed by atoms with van der Waals surface area (Å²) in [5, 5.41) is 0. The van der Waals surface area contributed by atoms with Gasteiger partial charge in [0.15, 0.2) is 5.78 Å². The molecule has 1 aliphatic carbocycles. The van der Waals surface area contributed by atoms with E-state index in [1.165, 1.54) is 0 Å². The Kier molecular flexibility index (Phi) is 6.72. The molecule has 0 fully saturated rings. The van der Waals surface area contributed by atoms with Crippen molar-refractivity contribution in [3.8, 4) is 5.75 Å². The molecule has 0 spiro atoms. The highest BCUT2D eigenvalue weighted by Crippen LogP contribution is 2.46. The van der Waals surface area contributed by atoms with Gasteiger partial charge in [0.1, 0.15) is 11.7 Å². The van der Waals surface area contributed by atoms with Gasteiger partial charge in [0.25, 0.3) is 0 Å². The summed E-state index contributed by atoms with van der Waals surface area (Å²) in [5.41, 5.74) is 4.08. The third-order valence-corrected chi connectivity index (χ3v) is 6.35. The zero-order valence-electron chi connectivity index (χ0n) is 19.6. The maximum atomic E-state index is 13.5. The van der Waals surface area contributed by atoms with E-state index in [4.69, 9.17) is 14.5 Å². The number of nitrogens with zero attached hydrogens (tertiary/aromatic N) is 2. The fourth-order valence-corrected chi connectivity index (χ4v) is 4.75. The molecule has 4 rings (SSSR count). The third kappa shape index (κ3) is 4.75. The van der Waals surface area contributed by atoms with E-state index in [-0.39, 0.29) is 23.6 Å². The maximum absolute atomic E-state index is 13.5. The van der Waals surface area contributed by atoms with Crippen LogP contribution >= 0.6 is 0 Å². The minimum atomic E-state index is -0.619. The van der Waals surface area contributed by atoms with Crippen molar-refractivity contribution in [3.05, 3.63) is 71.2 Å². The summed E-state index contributed by atoms with van der Waals surface area (Å²) in [6.45, 7) is 6.20. The number of esters is 1. The summed E-state index contributed by atoms with van der Waals surface area (Å²) >= 11 is 0. The van der Waals surface area contributed by atoms with Crippen LogP contribution in [0, 0.1) is 11.8 Å². The van der Waals surface area contributed by atoms with Gasteiger partial charge in [-0.3, -0.25) is 19.6 Å². The number of allylic oxidation sites excluding steroid dienone is 2. The largest absolute Gasteiger partial charge is 0.497 e. The SMILES string of the molecule is COc1ccc([C@@H]2CC(=O)C3=C(C2)N=C(C)C(C(=O)OCC(C)C)[C@@H]3c2ccncc2)cc1. The molecule has 2 aromatic rings. The third-order valence-electron chi connectivity index (χ3n) is 6.35. The molecule has 0 saturated heterocycles. The minimum Gasteiger partial charge on any atom is -0.497 e. The number of hydrogen-bond donors (Lipinski definition) is 0. The fraction of sp³-hybridized carbons (Fsp3) is 0.407. The Bertz CT molecular complexity index is 1090. The van der Waals surface area contributed by atoms with Crippen molar-refractivity contribution in [2.75, 3.05) is 13.7 Å². The molecule has 0 saturated carbocycles. The number of methoxy groups -OCH3 is 1. The number of carbonyl (C=O) groups excluding carboxylic acids is 2. The first-order valence-electron chi connectivity index (χ1n) is 11.4. The van der Waals surface area contributed by atoms with Gasteiger partial charge in [-0.15, -0.1) is 0 Å². The quantitative estimate of drug-likeness (QED) is 0.592. The molecule has 1 aromatic heterocycles. The topological polar surface area (TPSA) is 77.8 Å². The molecule has 0 N–H and O–H groups in total. The second-order valence-electron chi connectivity index (χ2n) is 9.17. The van der Waals surface area contributed by atoms with Crippen molar-refractivity contribution in [2.24, 2.45) is 16.8 Å². The molecule has 0 amide bonds. The summed E-state index contributed by atoms with van der Waals surface area (Å²) in [4.78, 5) is 35.6. The first-order valence-corrected chi connectivity index (χ1v) is 11.4. The van der Waals surface area contributed by atoms with E-state index < -0.39 is 11.8 Å². The van der Waals surface area contributed by atoms with Gasteiger partial charge in [0.05, 0.1) is 13.7 Å². The van der Waals surface area contributed by atoms with E-state index in [0.29, 0.717) is 30.7 Å². The van der Waals surface area contributed by atoms with Gasteiger partial charge in [-0.2, -0.15) is 0 Å². The Hall–Kier alpha value is -3.28. The zero-order chi connectivity index (χ0) is 23.5. The summed E-state index contributed by atoms with van der Waals surface area (Å²) in [6, 6.07) is 11.6. The number of rotatable bonds is 6. The van der Waals surface area contributed by atoms with Crippen molar-refractivity contribution in [1.82, 2.24) is 4.98 Å². The van der Waals surface area contributed by atoms with Crippen molar-refractivity contribution in [2.45, 2.75) is 45.4 Å². The number of carbonyl (C=O) groups is 2. The Morgan fingerprint density at radius 3 is 2.39 bits per heavy atom. The van der Waals surface area contributed by atoms with Crippen LogP contribution in [0.15, 0.2) is 65.1 Å². The molecule has 0 radical (unpaired) electrons. The molecule has 33 heavy (non-hydrogen) atoms. The van der Waals surface area contributed by atoms with Crippen LogP contribution in [0.4, 0.5) is 0 Å². The van der Waals surface area contributed by atoms with Crippen LogP contribution in [0.1, 0.15) is 56.6 Å². The molecule has 1 aromatic carbocycles. The van der Waals surface area contributed by atoms with E-state index in [1.54, 1.807) is 19.5 Å². The predicted octanol–water partition coefficient (Wildman–Crippen LogP) is 4.86. The Morgan fingerprint density at radius 2 is 1.76 bits per heavy atom. The highest BCUT2D eigenvalue weighted by Gasteiger charge is 2.44. The lowest BCUT2D eigenvalue weighted by Gasteiger charge is -2.36. The van der Waals surface area contributed by atoms with Gasteiger partial charge < -0.3 is 9.47 Å². The first-order chi connectivity index (χ1) is 15.9. The molecular formula is C27H30N2O4. The number of pyridine rings is 1.